The highest BCUT2D eigenvalue weighted by molar-refractivity contribution is 7.13. The first-order chi connectivity index (χ1) is 12.1. The first-order valence-electron chi connectivity index (χ1n) is 8.22. The smallest absolute Gasteiger partial charge is 0.233 e. The van der Waals surface area contributed by atoms with Gasteiger partial charge in [-0.05, 0) is 55.0 Å². The molecule has 1 atom stereocenters. The summed E-state index contributed by atoms with van der Waals surface area (Å²) in [4.78, 5) is 15.6. The number of amides is 1. The Morgan fingerprint density at radius 2 is 2.28 bits per heavy atom. The van der Waals surface area contributed by atoms with E-state index in [1.165, 1.54) is 12.1 Å². The van der Waals surface area contributed by atoms with E-state index < -0.39 is 0 Å². The molecule has 1 amide bonds. The minimum atomic E-state index is -0.266. The highest BCUT2D eigenvalue weighted by Gasteiger charge is 2.29. The SMILES string of the molecule is CC1CCc2cc(F)ccc2N1C(=O)Cc1cc(-c2cccs2)on1. The molecule has 0 saturated heterocycles. The van der Waals surface area contributed by atoms with Gasteiger partial charge in [-0.3, -0.25) is 4.79 Å². The van der Waals surface area contributed by atoms with Crippen molar-refractivity contribution in [1.82, 2.24) is 5.16 Å². The van der Waals surface area contributed by atoms with Gasteiger partial charge in [0.2, 0.25) is 5.91 Å². The van der Waals surface area contributed by atoms with Crippen molar-refractivity contribution in [3.05, 3.63) is 58.9 Å². The molecule has 2 aromatic heterocycles. The van der Waals surface area contributed by atoms with E-state index in [0.717, 1.165) is 29.0 Å². The van der Waals surface area contributed by atoms with E-state index in [1.54, 1.807) is 22.3 Å². The van der Waals surface area contributed by atoms with Crippen LogP contribution in [-0.4, -0.2) is 17.1 Å². The maximum Gasteiger partial charge on any atom is 0.233 e. The molecule has 128 valence electrons. The third-order valence-corrected chi connectivity index (χ3v) is 5.38. The third-order valence-electron chi connectivity index (χ3n) is 4.50. The zero-order chi connectivity index (χ0) is 17.4. The predicted molar refractivity (Wildman–Crippen MR) is 95.2 cm³/mol. The Bertz CT molecular complexity index is 904. The van der Waals surface area contributed by atoms with Gasteiger partial charge in [0.05, 0.1) is 17.0 Å². The summed E-state index contributed by atoms with van der Waals surface area (Å²) < 4.78 is 18.8. The fraction of sp³-hybridized carbons (Fsp3) is 0.263. The number of aryl methyl sites for hydroxylation is 1. The minimum Gasteiger partial charge on any atom is -0.355 e. The van der Waals surface area contributed by atoms with Crippen LogP contribution in [0.15, 0.2) is 46.3 Å². The average molecular weight is 356 g/mol. The number of halogens is 1. The zero-order valence-corrected chi connectivity index (χ0v) is 14.6. The second-order valence-corrected chi connectivity index (χ2v) is 7.21. The molecule has 3 aromatic rings. The van der Waals surface area contributed by atoms with Crippen molar-refractivity contribution < 1.29 is 13.7 Å². The lowest BCUT2D eigenvalue weighted by molar-refractivity contribution is -0.118. The van der Waals surface area contributed by atoms with Crippen molar-refractivity contribution in [3.8, 4) is 10.6 Å². The molecule has 0 bridgehead atoms. The summed E-state index contributed by atoms with van der Waals surface area (Å²) in [5.74, 6) is 0.357. The van der Waals surface area contributed by atoms with E-state index in [4.69, 9.17) is 4.52 Å². The molecule has 6 heteroatoms. The monoisotopic (exact) mass is 356 g/mol. The molecule has 0 fully saturated rings. The van der Waals surface area contributed by atoms with Crippen LogP contribution in [0.2, 0.25) is 0 Å². The molecule has 3 heterocycles. The minimum absolute atomic E-state index is 0.0499. The molecule has 0 N–H and O–H groups in total. The van der Waals surface area contributed by atoms with Crippen LogP contribution in [0.5, 0.6) is 0 Å². The molecule has 0 saturated carbocycles. The number of rotatable bonds is 3. The largest absolute Gasteiger partial charge is 0.355 e. The van der Waals surface area contributed by atoms with Crippen molar-refractivity contribution >= 4 is 22.9 Å². The second kappa shape index (κ2) is 6.44. The Morgan fingerprint density at radius 3 is 3.08 bits per heavy atom. The summed E-state index contributed by atoms with van der Waals surface area (Å²) in [5.41, 5.74) is 2.29. The molecule has 25 heavy (non-hydrogen) atoms. The molecule has 1 aliphatic heterocycles. The topological polar surface area (TPSA) is 46.3 Å². The zero-order valence-electron chi connectivity index (χ0n) is 13.7. The van der Waals surface area contributed by atoms with Crippen LogP contribution in [0, 0.1) is 5.82 Å². The summed E-state index contributed by atoms with van der Waals surface area (Å²) in [7, 11) is 0. The van der Waals surface area contributed by atoms with Crippen LogP contribution < -0.4 is 4.90 Å². The van der Waals surface area contributed by atoms with Gasteiger partial charge in [-0.2, -0.15) is 0 Å². The lowest BCUT2D eigenvalue weighted by Crippen LogP contribution is -2.43. The van der Waals surface area contributed by atoms with Crippen LogP contribution in [0.4, 0.5) is 10.1 Å². The van der Waals surface area contributed by atoms with E-state index in [-0.39, 0.29) is 24.2 Å². The molecular weight excluding hydrogens is 339 g/mol. The molecule has 4 rings (SSSR count). The predicted octanol–water partition coefficient (Wildman–Crippen LogP) is 4.45. The normalized spacial score (nSPS) is 16.7. The second-order valence-electron chi connectivity index (χ2n) is 6.26. The van der Waals surface area contributed by atoms with Crippen LogP contribution in [0.1, 0.15) is 24.6 Å². The highest BCUT2D eigenvalue weighted by atomic mass is 32.1. The van der Waals surface area contributed by atoms with Crippen molar-refractivity contribution in [2.45, 2.75) is 32.2 Å². The van der Waals surface area contributed by atoms with Crippen LogP contribution in [0.3, 0.4) is 0 Å². The molecule has 1 unspecified atom stereocenters. The van der Waals surface area contributed by atoms with Crippen molar-refractivity contribution in [1.29, 1.82) is 0 Å². The van der Waals surface area contributed by atoms with Gasteiger partial charge < -0.3 is 9.42 Å². The van der Waals surface area contributed by atoms with Gasteiger partial charge in [0, 0.05) is 17.8 Å². The van der Waals surface area contributed by atoms with E-state index in [9.17, 15) is 9.18 Å². The molecule has 0 radical (unpaired) electrons. The Kier molecular flexibility index (Phi) is 4.13. The summed E-state index contributed by atoms with van der Waals surface area (Å²) in [6.45, 7) is 2.02. The molecule has 4 nitrogen and oxygen atoms in total. The van der Waals surface area contributed by atoms with Gasteiger partial charge in [0.15, 0.2) is 5.76 Å². The number of fused-ring (bicyclic) bond motifs is 1. The number of carbonyl (C=O) groups is 1. The summed E-state index contributed by atoms with van der Waals surface area (Å²) in [5, 5.41) is 5.99. The lowest BCUT2D eigenvalue weighted by atomic mass is 9.96. The van der Waals surface area contributed by atoms with Crippen molar-refractivity contribution in [2.75, 3.05) is 4.90 Å². The Balaban J connectivity index is 1.57. The first-order valence-corrected chi connectivity index (χ1v) is 9.10. The van der Waals surface area contributed by atoms with Gasteiger partial charge in [-0.15, -0.1) is 11.3 Å². The van der Waals surface area contributed by atoms with Gasteiger partial charge >= 0.3 is 0 Å². The summed E-state index contributed by atoms with van der Waals surface area (Å²) in [6.07, 6.45) is 1.77. The number of nitrogens with zero attached hydrogens (tertiary/aromatic N) is 2. The van der Waals surface area contributed by atoms with Crippen molar-refractivity contribution in [2.24, 2.45) is 0 Å². The van der Waals surface area contributed by atoms with Crippen LogP contribution >= 0.6 is 11.3 Å². The number of anilines is 1. The highest BCUT2D eigenvalue weighted by Crippen LogP contribution is 2.32. The number of thiophene rings is 1. The standard InChI is InChI=1S/C19H17FN2O2S/c1-12-4-5-13-9-14(20)6-7-16(13)22(12)19(23)11-15-10-17(24-21-15)18-3-2-8-25-18/h2-3,6-10,12H,4-5,11H2,1H3. The Labute approximate surface area is 148 Å². The molecule has 1 aromatic carbocycles. The number of hydrogen-bond acceptors (Lipinski definition) is 4. The first kappa shape index (κ1) is 16.0. The maximum atomic E-state index is 13.5. The van der Waals surface area contributed by atoms with E-state index >= 15 is 0 Å². The van der Waals surface area contributed by atoms with E-state index in [0.29, 0.717) is 11.5 Å². The van der Waals surface area contributed by atoms with E-state index in [1.807, 2.05) is 30.5 Å². The number of aromatic nitrogens is 1. The third kappa shape index (κ3) is 3.09. The summed E-state index contributed by atoms with van der Waals surface area (Å²) in [6, 6.07) is 10.4. The van der Waals surface area contributed by atoms with Gasteiger partial charge in [0.25, 0.3) is 0 Å². The Morgan fingerprint density at radius 1 is 1.40 bits per heavy atom. The average Bonchev–Trinajstić information content (AvgIpc) is 3.26. The Hall–Kier alpha value is -2.47. The van der Waals surface area contributed by atoms with E-state index in [2.05, 4.69) is 5.16 Å². The number of carbonyl (C=O) groups excluding carboxylic acids is 1. The maximum absolute atomic E-state index is 13.5. The molecular formula is C19H17FN2O2S. The fourth-order valence-corrected chi connectivity index (χ4v) is 3.94. The lowest BCUT2D eigenvalue weighted by Gasteiger charge is -2.35. The quantitative estimate of drug-likeness (QED) is 0.696. The summed E-state index contributed by atoms with van der Waals surface area (Å²) >= 11 is 1.56. The van der Waals surface area contributed by atoms with Gasteiger partial charge in [-0.1, -0.05) is 11.2 Å². The molecule has 0 spiro atoms. The number of hydrogen-bond donors (Lipinski definition) is 0. The van der Waals surface area contributed by atoms with Crippen LogP contribution in [0.25, 0.3) is 10.6 Å². The number of benzene rings is 1. The molecule has 1 aliphatic rings. The molecule has 0 aliphatic carbocycles. The van der Waals surface area contributed by atoms with Gasteiger partial charge in [-0.25, -0.2) is 4.39 Å². The van der Waals surface area contributed by atoms with Crippen molar-refractivity contribution in [3.63, 3.8) is 0 Å². The van der Waals surface area contributed by atoms with Gasteiger partial charge in [0.1, 0.15) is 5.82 Å². The van der Waals surface area contributed by atoms with Crippen LogP contribution in [-0.2, 0) is 17.6 Å². The fourth-order valence-electron chi connectivity index (χ4n) is 3.27.